The molecule has 17 heavy (non-hydrogen) atoms. The summed E-state index contributed by atoms with van der Waals surface area (Å²) in [5.74, 6) is 1.41. The van der Waals surface area contributed by atoms with Crippen LogP contribution in [-0.4, -0.2) is 23.9 Å². The number of carbonyl (C=O) groups excluding carboxylic acids is 1. The van der Waals surface area contributed by atoms with Gasteiger partial charge in [0.1, 0.15) is 0 Å². The van der Waals surface area contributed by atoms with Gasteiger partial charge in [0.15, 0.2) is 0 Å². The second-order valence-corrected chi connectivity index (χ2v) is 6.41. The van der Waals surface area contributed by atoms with Gasteiger partial charge in [-0.25, -0.2) is 0 Å². The molecule has 0 aromatic heterocycles. The molecule has 0 N–H and O–H groups in total. The summed E-state index contributed by atoms with van der Waals surface area (Å²) < 4.78 is 1.17. The zero-order valence-electron chi connectivity index (χ0n) is 10.3. The normalized spacial score (nSPS) is 24.8. The van der Waals surface area contributed by atoms with Gasteiger partial charge in [0, 0.05) is 22.2 Å². The van der Waals surface area contributed by atoms with Crippen molar-refractivity contribution in [3.05, 3.63) is 33.4 Å². The molecule has 1 heterocycles. The van der Waals surface area contributed by atoms with Crippen LogP contribution in [0.3, 0.4) is 0 Å². The smallest absolute Gasteiger partial charge is 0.253 e. The molecule has 1 saturated heterocycles. The molecule has 0 aliphatic carbocycles. The maximum atomic E-state index is 12.3. The molecule has 92 valence electrons. The van der Waals surface area contributed by atoms with E-state index in [1.54, 1.807) is 0 Å². The minimum Gasteiger partial charge on any atom is -0.338 e. The predicted octanol–water partition coefficient (Wildman–Crippen LogP) is 3.41. The average molecular weight is 343 g/mol. The van der Waals surface area contributed by atoms with Gasteiger partial charge < -0.3 is 4.90 Å². The predicted molar refractivity (Wildman–Crippen MR) is 78.0 cm³/mol. The first-order valence-corrected chi connectivity index (χ1v) is 7.19. The fourth-order valence-corrected chi connectivity index (χ4v) is 2.96. The van der Waals surface area contributed by atoms with Crippen LogP contribution in [-0.2, 0) is 0 Å². The minimum absolute atomic E-state index is 0.180. The van der Waals surface area contributed by atoms with Crippen molar-refractivity contribution in [2.24, 2.45) is 11.8 Å². The van der Waals surface area contributed by atoms with E-state index in [9.17, 15) is 4.79 Å². The monoisotopic (exact) mass is 343 g/mol. The van der Waals surface area contributed by atoms with Crippen molar-refractivity contribution in [1.82, 2.24) is 4.90 Å². The van der Waals surface area contributed by atoms with E-state index in [2.05, 4.69) is 36.4 Å². The third-order valence-corrected chi connectivity index (χ3v) is 3.97. The molecule has 1 aliphatic rings. The molecule has 0 bridgehead atoms. The molecule has 2 rings (SSSR count). The number of benzene rings is 1. The third-order valence-electron chi connectivity index (χ3n) is 3.25. The summed E-state index contributed by atoms with van der Waals surface area (Å²) >= 11 is 2.26. The van der Waals surface area contributed by atoms with E-state index in [0.717, 1.165) is 18.7 Å². The van der Waals surface area contributed by atoms with Gasteiger partial charge in [-0.05, 0) is 65.1 Å². The molecule has 1 aromatic carbocycles. The summed E-state index contributed by atoms with van der Waals surface area (Å²) in [6.45, 7) is 6.25. The van der Waals surface area contributed by atoms with Gasteiger partial charge in [0.2, 0.25) is 0 Å². The lowest BCUT2D eigenvalue weighted by atomic mass is 9.91. The summed E-state index contributed by atoms with van der Waals surface area (Å²) in [4.78, 5) is 14.3. The van der Waals surface area contributed by atoms with Crippen LogP contribution >= 0.6 is 22.6 Å². The average Bonchev–Trinajstić information content (AvgIpc) is 2.28. The Kier molecular flexibility index (Phi) is 4.07. The fraction of sp³-hybridized carbons (Fsp3) is 0.500. The Hall–Kier alpha value is -0.580. The lowest BCUT2D eigenvalue weighted by molar-refractivity contribution is 0.0623. The summed E-state index contributed by atoms with van der Waals surface area (Å²) in [7, 11) is 0. The Balaban J connectivity index is 2.11. The van der Waals surface area contributed by atoms with Crippen molar-refractivity contribution in [1.29, 1.82) is 0 Å². The third kappa shape index (κ3) is 3.21. The van der Waals surface area contributed by atoms with Gasteiger partial charge in [-0.2, -0.15) is 0 Å². The van der Waals surface area contributed by atoms with Crippen molar-refractivity contribution in [2.45, 2.75) is 20.3 Å². The molecule has 1 amide bonds. The summed E-state index contributed by atoms with van der Waals surface area (Å²) in [6.07, 6.45) is 1.23. The first kappa shape index (κ1) is 12.9. The summed E-state index contributed by atoms with van der Waals surface area (Å²) in [5.41, 5.74) is 0.812. The molecule has 2 nitrogen and oxygen atoms in total. The van der Waals surface area contributed by atoms with Gasteiger partial charge >= 0.3 is 0 Å². The Morgan fingerprint density at radius 2 is 1.71 bits per heavy atom. The lowest BCUT2D eigenvalue weighted by Crippen LogP contribution is -2.42. The standard InChI is InChI=1S/C14H18INO/c1-10-7-11(2)9-16(8-10)14(17)12-3-5-13(15)6-4-12/h3-6,10-11H,7-9H2,1-2H3. The van der Waals surface area contributed by atoms with Crippen molar-refractivity contribution in [2.75, 3.05) is 13.1 Å². The van der Waals surface area contributed by atoms with E-state index < -0.39 is 0 Å². The molecule has 0 spiro atoms. The van der Waals surface area contributed by atoms with E-state index in [-0.39, 0.29) is 5.91 Å². The summed E-state index contributed by atoms with van der Waals surface area (Å²) in [6, 6.07) is 7.83. The molecular formula is C14H18INO. The highest BCUT2D eigenvalue weighted by atomic mass is 127. The van der Waals surface area contributed by atoms with Crippen LogP contribution in [0.4, 0.5) is 0 Å². The van der Waals surface area contributed by atoms with Crippen LogP contribution in [0, 0.1) is 15.4 Å². The number of halogens is 1. The molecule has 1 fully saturated rings. The van der Waals surface area contributed by atoms with E-state index in [4.69, 9.17) is 0 Å². The number of hydrogen-bond acceptors (Lipinski definition) is 1. The van der Waals surface area contributed by atoms with Crippen molar-refractivity contribution >= 4 is 28.5 Å². The molecule has 1 aromatic rings. The lowest BCUT2D eigenvalue weighted by Gasteiger charge is -2.35. The first-order chi connectivity index (χ1) is 8.06. The van der Waals surface area contributed by atoms with Crippen molar-refractivity contribution < 1.29 is 4.79 Å². The van der Waals surface area contributed by atoms with Crippen LogP contribution in [0.2, 0.25) is 0 Å². The van der Waals surface area contributed by atoms with Crippen LogP contribution < -0.4 is 0 Å². The highest BCUT2D eigenvalue weighted by molar-refractivity contribution is 14.1. The molecule has 3 heteroatoms. The minimum atomic E-state index is 0.180. The number of carbonyl (C=O) groups is 1. The van der Waals surface area contributed by atoms with Crippen LogP contribution in [0.25, 0.3) is 0 Å². The van der Waals surface area contributed by atoms with E-state index >= 15 is 0 Å². The highest BCUT2D eigenvalue weighted by Gasteiger charge is 2.25. The number of likely N-dealkylation sites (tertiary alicyclic amines) is 1. The maximum Gasteiger partial charge on any atom is 0.253 e. The highest BCUT2D eigenvalue weighted by Crippen LogP contribution is 2.22. The van der Waals surface area contributed by atoms with E-state index in [1.165, 1.54) is 9.99 Å². The zero-order chi connectivity index (χ0) is 12.4. The largest absolute Gasteiger partial charge is 0.338 e. The molecule has 0 saturated carbocycles. The van der Waals surface area contributed by atoms with Gasteiger partial charge in [0.05, 0.1) is 0 Å². The maximum absolute atomic E-state index is 12.3. The van der Waals surface area contributed by atoms with Crippen LogP contribution in [0.15, 0.2) is 24.3 Å². The Morgan fingerprint density at radius 1 is 1.18 bits per heavy atom. The number of rotatable bonds is 1. The van der Waals surface area contributed by atoms with E-state index in [0.29, 0.717) is 11.8 Å². The Bertz CT molecular complexity index is 391. The van der Waals surface area contributed by atoms with Crippen molar-refractivity contribution in [3.8, 4) is 0 Å². The van der Waals surface area contributed by atoms with E-state index in [1.807, 2.05) is 29.2 Å². The second-order valence-electron chi connectivity index (χ2n) is 5.16. The van der Waals surface area contributed by atoms with Gasteiger partial charge in [0.25, 0.3) is 5.91 Å². The van der Waals surface area contributed by atoms with Gasteiger partial charge in [-0.1, -0.05) is 13.8 Å². The topological polar surface area (TPSA) is 20.3 Å². The number of nitrogens with zero attached hydrogens (tertiary/aromatic N) is 1. The van der Waals surface area contributed by atoms with Gasteiger partial charge in [-0.15, -0.1) is 0 Å². The molecule has 1 aliphatic heterocycles. The van der Waals surface area contributed by atoms with Crippen molar-refractivity contribution in [3.63, 3.8) is 0 Å². The zero-order valence-corrected chi connectivity index (χ0v) is 12.5. The molecule has 0 radical (unpaired) electrons. The second kappa shape index (κ2) is 5.38. The number of piperidine rings is 1. The van der Waals surface area contributed by atoms with Crippen LogP contribution in [0.5, 0.6) is 0 Å². The first-order valence-electron chi connectivity index (χ1n) is 6.11. The van der Waals surface area contributed by atoms with Gasteiger partial charge in [-0.3, -0.25) is 4.79 Å². The Morgan fingerprint density at radius 3 is 2.24 bits per heavy atom. The number of amides is 1. The van der Waals surface area contributed by atoms with Crippen LogP contribution in [0.1, 0.15) is 30.6 Å². The quantitative estimate of drug-likeness (QED) is 0.716. The number of hydrogen-bond donors (Lipinski definition) is 0. The molecule has 2 atom stereocenters. The Labute approximate surface area is 117 Å². The fourth-order valence-electron chi connectivity index (χ4n) is 2.60. The molecular weight excluding hydrogens is 325 g/mol. The molecule has 2 unspecified atom stereocenters. The summed E-state index contributed by atoms with van der Waals surface area (Å²) in [5, 5.41) is 0. The SMILES string of the molecule is CC1CC(C)CN(C(=O)c2ccc(I)cc2)C1.